The topological polar surface area (TPSA) is 204 Å². The monoisotopic (exact) mass is 847 g/mol. The molecule has 0 saturated carbocycles. The molecule has 324 valence electrons. The van der Waals surface area contributed by atoms with Crippen molar-refractivity contribution in [2.24, 2.45) is 5.92 Å². The maximum atomic E-state index is 14.0. The Balaban J connectivity index is 0.752. The molecule has 3 atom stereocenters. The Morgan fingerprint density at radius 3 is 2.48 bits per heavy atom. The zero-order valence-electron chi connectivity index (χ0n) is 34.9. The van der Waals surface area contributed by atoms with Crippen LogP contribution in [0.15, 0.2) is 77.1 Å². The van der Waals surface area contributed by atoms with Crippen molar-refractivity contribution in [3.63, 3.8) is 0 Å². The van der Waals surface area contributed by atoms with Crippen LogP contribution < -0.4 is 10.6 Å². The van der Waals surface area contributed by atoms with E-state index in [0.717, 1.165) is 33.9 Å². The fraction of sp³-hybridized carbons (Fsp3) is 0.409. The summed E-state index contributed by atoms with van der Waals surface area (Å²) in [7, 11) is 1.82. The van der Waals surface area contributed by atoms with Crippen LogP contribution in [0, 0.1) is 19.8 Å². The summed E-state index contributed by atoms with van der Waals surface area (Å²) < 4.78 is 24.0. The minimum atomic E-state index is -0.744. The third-order valence-corrected chi connectivity index (χ3v) is 11.6. The highest BCUT2D eigenvalue weighted by Gasteiger charge is 2.45. The smallest absolute Gasteiger partial charge is 0.324 e. The highest BCUT2D eigenvalue weighted by molar-refractivity contribution is 6.06. The number of hydrogen-bond donors (Lipinski definition) is 2. The van der Waals surface area contributed by atoms with Gasteiger partial charge in [-0.1, -0.05) is 52.8 Å². The maximum absolute atomic E-state index is 14.0. The summed E-state index contributed by atoms with van der Waals surface area (Å²) in [6.45, 7) is 5.99. The van der Waals surface area contributed by atoms with Crippen LogP contribution in [-0.4, -0.2) is 117 Å². The predicted octanol–water partition coefficient (Wildman–Crippen LogP) is 3.93. The van der Waals surface area contributed by atoms with E-state index < -0.39 is 17.9 Å². The lowest BCUT2D eigenvalue weighted by Gasteiger charge is -2.48. The van der Waals surface area contributed by atoms with Gasteiger partial charge in [-0.25, -0.2) is 9.48 Å². The van der Waals surface area contributed by atoms with Crippen molar-refractivity contribution in [1.82, 2.24) is 40.2 Å². The summed E-state index contributed by atoms with van der Waals surface area (Å²) >= 11 is 0. The van der Waals surface area contributed by atoms with Crippen LogP contribution in [-0.2, 0) is 48.2 Å². The Morgan fingerprint density at radius 1 is 0.952 bits per heavy atom. The molecule has 2 aromatic heterocycles. The quantitative estimate of drug-likeness (QED) is 0.115. The highest BCUT2D eigenvalue weighted by atomic mass is 16.5. The van der Waals surface area contributed by atoms with Crippen molar-refractivity contribution >= 4 is 40.9 Å². The standard InChI is InChI=1S/C44H49N9O9/c1-27-40(28(2)62-48-27)30-12-13-36-33(22-30)41(29-8-5-4-6-9-29)53(44(58)50(36)3)24-31-23-51(49-47-31)16-17-59-18-19-60-20-21-61-26-39(55)45-35-11-7-10-32-34(35)25-52(43(32)57)37-14-15-38(54)46-42(37)56/h4-13,23,33,37,41H,14-22,24-26H2,1-3H3,(H,45,55)(H,46,54,56). The van der Waals surface area contributed by atoms with Gasteiger partial charge in [-0.05, 0) is 56.0 Å². The van der Waals surface area contributed by atoms with Crippen molar-refractivity contribution in [3.8, 4) is 0 Å². The number of nitrogens with one attached hydrogen (secondary N) is 2. The number of piperidine rings is 1. The van der Waals surface area contributed by atoms with Gasteiger partial charge in [0.25, 0.3) is 5.91 Å². The van der Waals surface area contributed by atoms with Gasteiger partial charge < -0.3 is 38.8 Å². The van der Waals surface area contributed by atoms with Crippen LogP contribution >= 0.6 is 0 Å². The van der Waals surface area contributed by atoms with Crippen LogP contribution in [0.2, 0.25) is 0 Å². The van der Waals surface area contributed by atoms with E-state index in [1.807, 2.05) is 56.3 Å². The number of hydrogen-bond acceptors (Lipinski definition) is 12. The number of amides is 6. The van der Waals surface area contributed by atoms with E-state index in [-0.39, 0.29) is 75.6 Å². The Labute approximate surface area is 357 Å². The first-order valence-corrected chi connectivity index (χ1v) is 20.7. The summed E-state index contributed by atoms with van der Waals surface area (Å²) in [6, 6.07) is 14.0. The number of rotatable bonds is 17. The van der Waals surface area contributed by atoms with E-state index in [2.05, 4.69) is 44.3 Å². The summed E-state index contributed by atoms with van der Waals surface area (Å²) in [4.78, 5) is 68.7. The average Bonchev–Trinajstić information content (AvgIpc) is 3.96. The zero-order valence-corrected chi connectivity index (χ0v) is 34.9. The molecule has 4 aliphatic rings. The molecule has 5 heterocycles. The van der Waals surface area contributed by atoms with Crippen LogP contribution in [0.5, 0.6) is 0 Å². The van der Waals surface area contributed by atoms with Gasteiger partial charge in [0.2, 0.25) is 17.7 Å². The number of nitrogens with zero attached hydrogens (tertiary/aromatic N) is 7. The lowest BCUT2D eigenvalue weighted by atomic mass is 9.78. The molecule has 2 fully saturated rings. The molecule has 0 radical (unpaired) electrons. The van der Waals surface area contributed by atoms with E-state index in [1.54, 1.807) is 27.8 Å². The summed E-state index contributed by atoms with van der Waals surface area (Å²) in [5.41, 5.74) is 7.13. The van der Waals surface area contributed by atoms with E-state index in [9.17, 15) is 24.0 Å². The summed E-state index contributed by atoms with van der Waals surface area (Å²) in [5, 5.41) is 18.0. The largest absolute Gasteiger partial charge is 0.377 e. The number of carbonyl (C=O) groups is 5. The van der Waals surface area contributed by atoms with Gasteiger partial charge in [-0.15, -0.1) is 5.10 Å². The number of ether oxygens (including phenoxy) is 3. The Kier molecular flexibility index (Phi) is 12.7. The second-order valence-corrected chi connectivity index (χ2v) is 15.6. The van der Waals surface area contributed by atoms with Crippen molar-refractivity contribution in [3.05, 3.63) is 112 Å². The Hall–Kier alpha value is -6.50. The first kappa shape index (κ1) is 42.2. The van der Waals surface area contributed by atoms with E-state index in [1.165, 1.54) is 4.90 Å². The molecule has 2 saturated heterocycles. The number of anilines is 1. The third-order valence-electron chi connectivity index (χ3n) is 11.6. The zero-order chi connectivity index (χ0) is 43.3. The van der Waals surface area contributed by atoms with Gasteiger partial charge in [0.15, 0.2) is 0 Å². The fourth-order valence-electron chi connectivity index (χ4n) is 8.69. The predicted molar refractivity (Wildman–Crippen MR) is 222 cm³/mol. The molecule has 4 aromatic rings. The molecule has 2 N–H and O–H groups in total. The van der Waals surface area contributed by atoms with E-state index >= 15 is 0 Å². The number of carbonyl (C=O) groups excluding carboxylic acids is 5. The van der Waals surface area contributed by atoms with Crippen LogP contribution in [0.3, 0.4) is 0 Å². The molecule has 18 heteroatoms. The maximum Gasteiger partial charge on any atom is 0.324 e. The van der Waals surface area contributed by atoms with E-state index in [0.29, 0.717) is 55.3 Å². The Bertz CT molecular complexity index is 2390. The highest BCUT2D eigenvalue weighted by Crippen LogP contribution is 2.47. The molecule has 0 spiro atoms. The van der Waals surface area contributed by atoms with Crippen LogP contribution in [0.1, 0.15) is 69.5 Å². The summed E-state index contributed by atoms with van der Waals surface area (Å²) in [6.07, 6.45) is 7.08. The van der Waals surface area contributed by atoms with Crippen molar-refractivity contribution < 1.29 is 42.7 Å². The second kappa shape index (κ2) is 18.6. The minimum Gasteiger partial charge on any atom is -0.377 e. The molecule has 18 nitrogen and oxygen atoms in total. The number of benzene rings is 2. The SMILES string of the molecule is Cc1noc(C)c1C1=CC=C2C(C1)C(c1ccccc1)N(Cc1cn(CCOCCOCCOCC(=O)Nc3cccc4c3CN(C3CCC(=O)NC3=O)C4=O)nn1)C(=O)N2C. The summed E-state index contributed by atoms with van der Waals surface area (Å²) in [5.74, 6) is -0.800. The van der Waals surface area contributed by atoms with Crippen molar-refractivity contribution in [2.45, 2.75) is 64.8 Å². The second-order valence-electron chi connectivity index (χ2n) is 15.6. The van der Waals surface area contributed by atoms with Crippen LogP contribution in [0.25, 0.3) is 5.57 Å². The molecule has 62 heavy (non-hydrogen) atoms. The number of allylic oxidation sites excluding steroid dienone is 3. The van der Waals surface area contributed by atoms with Crippen molar-refractivity contribution in [2.75, 3.05) is 52.0 Å². The van der Waals surface area contributed by atoms with E-state index in [4.69, 9.17) is 18.7 Å². The van der Waals surface area contributed by atoms with Crippen molar-refractivity contribution in [1.29, 1.82) is 0 Å². The Morgan fingerprint density at radius 2 is 1.73 bits per heavy atom. The lowest BCUT2D eigenvalue weighted by Crippen LogP contribution is -2.52. The van der Waals surface area contributed by atoms with Gasteiger partial charge in [0, 0.05) is 54.0 Å². The van der Waals surface area contributed by atoms with Gasteiger partial charge in [0.05, 0.1) is 64.1 Å². The molecule has 1 aliphatic carbocycles. The minimum absolute atomic E-state index is 0.0108. The van der Waals surface area contributed by atoms with Crippen LogP contribution in [0.4, 0.5) is 10.5 Å². The van der Waals surface area contributed by atoms with Gasteiger partial charge >= 0.3 is 6.03 Å². The third kappa shape index (κ3) is 8.93. The molecular weight excluding hydrogens is 799 g/mol. The number of imide groups is 1. The molecule has 3 unspecified atom stereocenters. The molecule has 6 amide bonds. The molecular formula is C44H49N9O9. The molecule has 0 bridgehead atoms. The normalized spacial score (nSPS) is 19.9. The number of aromatic nitrogens is 4. The number of fused-ring (bicyclic) bond motifs is 2. The first-order valence-electron chi connectivity index (χ1n) is 20.7. The van der Waals surface area contributed by atoms with Gasteiger partial charge in [0.1, 0.15) is 24.1 Å². The average molecular weight is 848 g/mol. The molecule has 3 aliphatic heterocycles. The van der Waals surface area contributed by atoms with Gasteiger partial charge in [-0.3, -0.25) is 24.5 Å². The number of urea groups is 1. The first-order chi connectivity index (χ1) is 30.1. The number of aryl methyl sites for hydroxylation is 2. The molecule has 2 aromatic carbocycles. The molecule has 8 rings (SSSR count). The van der Waals surface area contributed by atoms with Gasteiger partial charge in [-0.2, -0.15) is 0 Å². The lowest BCUT2D eigenvalue weighted by molar-refractivity contribution is -0.137. The fourth-order valence-corrected chi connectivity index (χ4v) is 8.69.